The number of sulfonamides is 3. The summed E-state index contributed by atoms with van der Waals surface area (Å²) in [5, 5.41) is 1.57. The number of likely N-dealkylation sites (tertiary alicyclic amines) is 2. The average Bonchev–Trinajstić information content (AvgIpc) is 1.64. The van der Waals surface area contributed by atoms with E-state index >= 15 is 0 Å². The van der Waals surface area contributed by atoms with E-state index in [1.807, 2.05) is 41.5 Å². The lowest BCUT2D eigenvalue weighted by atomic mass is 9.88. The van der Waals surface area contributed by atoms with Crippen molar-refractivity contribution in [2.45, 2.75) is 253 Å². The van der Waals surface area contributed by atoms with E-state index in [0.717, 1.165) is 68.5 Å². The van der Waals surface area contributed by atoms with Gasteiger partial charge in [0, 0.05) is 64.1 Å². The molecule has 10 rings (SSSR count). The van der Waals surface area contributed by atoms with E-state index in [1.54, 1.807) is 30.9 Å². The van der Waals surface area contributed by atoms with Gasteiger partial charge in [0.15, 0.2) is 0 Å². The molecule has 9 fully saturated rings. The van der Waals surface area contributed by atoms with Crippen molar-refractivity contribution in [1.82, 2.24) is 24.0 Å². The molecule has 1 aromatic carbocycles. The molecule has 1 aromatic rings. The molecular formula is C60H102F6N6O18S4. The molecule has 5 N–H and O–H groups in total. The van der Waals surface area contributed by atoms with Crippen LogP contribution in [0.15, 0.2) is 29.2 Å². The number of nitrogens with one attached hydrogen (secondary N) is 3. The molecule has 6 heterocycles. The minimum atomic E-state index is -5.77. The maximum atomic E-state index is 12.5. The molecular weight excluding hydrogens is 1330 g/mol. The molecule has 546 valence electrons. The number of terminal acetylenes is 1. The van der Waals surface area contributed by atoms with Gasteiger partial charge in [-0.1, -0.05) is 46.4 Å². The first-order chi connectivity index (χ1) is 42.6. The largest absolute Gasteiger partial charge is 0.744 e. The molecule has 94 heavy (non-hydrogen) atoms. The van der Waals surface area contributed by atoms with Crippen LogP contribution in [0.3, 0.4) is 0 Å². The number of carbonyl (C=O) groups excluding carboxylic acids is 3. The number of hydrogen-bond donors (Lipinski definition) is 4. The Kier molecular flexibility index (Phi) is 33.0. The number of aryl methyl sites for hydroxylation is 1. The number of rotatable bonds is 12. The highest BCUT2D eigenvalue weighted by molar-refractivity contribution is 7.91. The summed E-state index contributed by atoms with van der Waals surface area (Å²) in [6, 6.07) is 5.17. The van der Waals surface area contributed by atoms with E-state index in [9.17, 15) is 79.0 Å². The zero-order valence-corrected chi connectivity index (χ0v) is 57.1. The first-order valence-corrected chi connectivity index (χ1v) is 37.0. The summed E-state index contributed by atoms with van der Waals surface area (Å²) in [5.41, 5.74) is -0.693. The van der Waals surface area contributed by atoms with Gasteiger partial charge in [0.1, 0.15) is 15.7 Å². The molecule has 0 aromatic heterocycles. The minimum absolute atomic E-state index is 0. The van der Waals surface area contributed by atoms with Crippen LogP contribution in [0.25, 0.3) is 0 Å². The van der Waals surface area contributed by atoms with Gasteiger partial charge in [-0.2, -0.15) is 26.3 Å². The Morgan fingerprint density at radius 1 is 0.649 bits per heavy atom. The quantitative estimate of drug-likeness (QED) is 0.0524. The maximum absolute atomic E-state index is 12.5. The summed E-state index contributed by atoms with van der Waals surface area (Å²) in [5.74, 6) is 2.04. The smallest absolute Gasteiger partial charge is 0.434 e. The molecule has 3 saturated carbocycles. The number of ether oxygens (including phenoxy) is 6. The average molecular weight is 1440 g/mol. The number of nitrogens with two attached hydrogens (primary N) is 1. The number of nitrogens with zero attached hydrogens (tertiary/aromatic N) is 2. The molecule has 6 saturated heterocycles. The molecule has 0 radical (unpaired) electrons. The number of carbonyl (C=O) groups is 3. The monoisotopic (exact) mass is 1440 g/mol. The molecule has 3 spiro atoms. The van der Waals surface area contributed by atoms with Gasteiger partial charge >= 0.3 is 30.5 Å². The van der Waals surface area contributed by atoms with Gasteiger partial charge < -0.3 is 48.1 Å². The fourth-order valence-electron chi connectivity index (χ4n) is 10.8. The second kappa shape index (κ2) is 36.1. The lowest BCUT2D eigenvalue weighted by Crippen LogP contribution is -2.87. The summed E-state index contributed by atoms with van der Waals surface area (Å²) in [7, 11) is -13.9. The highest BCUT2D eigenvalue weighted by Crippen LogP contribution is 2.41. The normalized spacial score (nSPS) is 22.9. The fourth-order valence-corrected chi connectivity index (χ4v) is 16.0. The van der Waals surface area contributed by atoms with Gasteiger partial charge in [-0.25, -0.2) is 57.4 Å². The van der Waals surface area contributed by atoms with E-state index in [1.165, 1.54) is 19.1 Å². The molecule has 3 aliphatic carbocycles. The van der Waals surface area contributed by atoms with Gasteiger partial charge in [-0.15, -0.1) is 12.3 Å². The maximum Gasteiger partial charge on any atom is 0.434 e. The molecule has 24 nitrogen and oxygen atoms in total. The zero-order valence-electron chi connectivity index (χ0n) is 53.8. The van der Waals surface area contributed by atoms with Crippen molar-refractivity contribution < 1.29 is 113 Å². The van der Waals surface area contributed by atoms with Crippen molar-refractivity contribution in [3.05, 3.63) is 29.8 Å². The molecule has 9 aliphatic rings. The summed E-state index contributed by atoms with van der Waals surface area (Å²) in [4.78, 5) is 36.1. The molecule has 2 amide bonds. The Labute approximate surface area is 553 Å². The molecule has 3 atom stereocenters. The number of esters is 1. The first kappa shape index (κ1) is 85.9. The summed E-state index contributed by atoms with van der Waals surface area (Å²) in [6.07, 6.45) is -3.09. The van der Waals surface area contributed by atoms with Crippen LogP contribution in [0.1, 0.15) is 172 Å². The number of alkyl halides is 6. The van der Waals surface area contributed by atoms with Crippen LogP contribution in [0.4, 0.5) is 35.9 Å². The lowest BCUT2D eigenvalue weighted by Gasteiger charge is -2.39. The standard InChI is InChI=1S/C16H28N2O5S.C15H20F6N2O5S.C11H20N2O3S.C7H8O3S.C4H8O2.C3H4.C2H6.2CH4/c1-15(2,3)23-14(19)18-8-6-16(7-9-18)10-12(11-22-16)17-24(20,21)13-4-5-13;16-14(17,18)11(15(19,20)21)28-12(24)23-5-3-13(4-6-23)7-9(8-27-13)22-29(25,26)10-1-2-10;14-17(15,10-1-2-10)13-9-7-11(16-8-9)3-5-12-6-4-11;1-6-2-4-7(5-3-6)11(8,9)10;1-3-6-4(2)5;1-3-2;1-2;;/h12-13,17H,4-11H2,1-3H3;9-11,22H,1-8H2;9-10,12-13H,1-8H2;2-5H,1H3,(H,8,9,10);3H2,1-2H3;1H,2H3;1-2H3;2*1H4/t12-;2*9-;;;;;;/m111....../s1. The third-order valence-electron chi connectivity index (χ3n) is 15.8. The highest BCUT2D eigenvalue weighted by atomic mass is 32.2. The third-order valence-corrected chi connectivity index (χ3v) is 22.7. The van der Waals surface area contributed by atoms with Crippen molar-refractivity contribution >= 4 is 58.3 Å². The third kappa shape index (κ3) is 28.4. The minimum Gasteiger partial charge on any atom is -0.744 e. The Morgan fingerprint density at radius 3 is 1.23 bits per heavy atom. The second-order valence-electron chi connectivity index (χ2n) is 24.9. The van der Waals surface area contributed by atoms with Crippen LogP contribution < -0.4 is 19.5 Å². The fraction of sp³-hybridized carbons (Fsp3) is 0.817. The van der Waals surface area contributed by atoms with Crippen LogP contribution in [0.5, 0.6) is 0 Å². The van der Waals surface area contributed by atoms with E-state index < -0.39 is 87.2 Å². The molecule has 0 bridgehead atoms. The van der Waals surface area contributed by atoms with Gasteiger partial charge in [0.25, 0.3) is 6.10 Å². The van der Waals surface area contributed by atoms with Crippen LogP contribution >= 0.6 is 0 Å². The van der Waals surface area contributed by atoms with E-state index in [2.05, 4.69) is 41.3 Å². The molecule has 34 heteroatoms. The van der Waals surface area contributed by atoms with Crippen LogP contribution in [-0.4, -0.2) is 207 Å². The van der Waals surface area contributed by atoms with E-state index in [0.29, 0.717) is 71.4 Å². The Bertz CT molecular complexity index is 3030. The topological polar surface area (TPSA) is 325 Å². The SMILES string of the molecule is C.C.C#CC.CC.CC(C)(C)OC(=O)N1CCC2(CC1)C[C@@H](NS(=O)(=O)C1CC1)CO2.CCOC(C)=O.Cc1ccc(S(=O)(=O)[O-])cc1.O=C(OC(C(F)(F)F)C(F)(F)F)N1CCC2(CC1)C[C@@H](NS(=O)(=O)C1CC1)CO2.O=S(=O)(N[C@H]1COC2(CC[NH2+]CC2)C1)C1CC1. The lowest BCUT2D eigenvalue weighted by molar-refractivity contribution is -0.668. The number of amides is 2. The summed E-state index contributed by atoms with van der Waals surface area (Å²) in [6.45, 7) is 20.8. The predicted octanol–water partition coefficient (Wildman–Crippen LogP) is 7.31. The van der Waals surface area contributed by atoms with Gasteiger partial charge in [0.2, 0.25) is 30.1 Å². The van der Waals surface area contributed by atoms with Gasteiger partial charge in [-0.3, -0.25) is 4.79 Å². The van der Waals surface area contributed by atoms with Crippen molar-refractivity contribution in [3.8, 4) is 12.3 Å². The summed E-state index contributed by atoms with van der Waals surface area (Å²) < 4.78 is 217. The second-order valence-corrected chi connectivity index (χ2v) is 32.3. The highest BCUT2D eigenvalue weighted by Gasteiger charge is 2.60. The predicted molar refractivity (Wildman–Crippen MR) is 338 cm³/mol. The number of benzene rings is 1. The van der Waals surface area contributed by atoms with Crippen LogP contribution in [0, 0.1) is 19.3 Å². The van der Waals surface area contributed by atoms with Crippen LogP contribution in [0.2, 0.25) is 0 Å². The van der Waals surface area contributed by atoms with Crippen LogP contribution in [-0.2, 0) is 73.4 Å². The van der Waals surface area contributed by atoms with Gasteiger partial charge in [0.05, 0.1) is 77.0 Å². The van der Waals surface area contributed by atoms with E-state index in [-0.39, 0.29) is 98.1 Å². The Hall–Kier alpha value is -4.15. The first-order valence-electron chi connectivity index (χ1n) is 31.0. The van der Waals surface area contributed by atoms with E-state index in [4.69, 9.17) is 18.9 Å². The van der Waals surface area contributed by atoms with Crippen molar-refractivity contribution in [3.63, 3.8) is 0 Å². The number of quaternary nitrogens is 1. The zero-order chi connectivity index (χ0) is 69.4. The van der Waals surface area contributed by atoms with Gasteiger partial charge in [-0.05, 0) is 137 Å². The Morgan fingerprint density at radius 2 is 0.968 bits per heavy atom. The number of halogens is 6. The summed E-state index contributed by atoms with van der Waals surface area (Å²) >= 11 is 0. The Balaban J connectivity index is 0.000000417. The van der Waals surface area contributed by atoms with Crippen molar-refractivity contribution in [2.24, 2.45) is 0 Å². The molecule has 0 unspecified atom stereocenters. The van der Waals surface area contributed by atoms with Crippen molar-refractivity contribution in [2.75, 3.05) is 65.7 Å². The van der Waals surface area contributed by atoms with Crippen molar-refractivity contribution in [1.29, 1.82) is 0 Å². The molecule has 6 aliphatic heterocycles. The number of piperidine rings is 3. The number of hydrogen-bond acceptors (Lipinski definition) is 18.